The van der Waals surface area contributed by atoms with Gasteiger partial charge in [-0.25, -0.2) is 9.97 Å². The fourth-order valence-corrected chi connectivity index (χ4v) is 2.30. The van der Waals surface area contributed by atoms with Gasteiger partial charge >= 0.3 is 0 Å². The number of aromatic hydroxyl groups is 2. The number of rotatable bonds is 1. The van der Waals surface area contributed by atoms with Crippen LogP contribution in [0, 0.1) is 6.92 Å². The molecule has 0 saturated heterocycles. The van der Waals surface area contributed by atoms with E-state index in [1.165, 1.54) is 12.1 Å². The maximum absolute atomic E-state index is 9.47. The van der Waals surface area contributed by atoms with E-state index in [-0.39, 0.29) is 11.5 Å². The second-order valence-electron chi connectivity index (χ2n) is 4.25. The minimum atomic E-state index is -0.231. The number of nitrogens with zero attached hydrogens (tertiary/aromatic N) is 2. The van der Waals surface area contributed by atoms with Crippen molar-refractivity contribution in [2.45, 2.75) is 11.8 Å². The predicted octanol–water partition coefficient (Wildman–Crippen LogP) is 3.07. The Morgan fingerprint density at radius 3 is 1.84 bits per heavy atom. The van der Waals surface area contributed by atoms with Crippen LogP contribution in [0.1, 0.15) is 5.56 Å². The number of hydrogen-bond donors (Lipinski definition) is 3. The van der Waals surface area contributed by atoms with Crippen molar-refractivity contribution in [3.63, 3.8) is 0 Å². The average Bonchev–Trinajstić information content (AvgIpc) is 2.38. The van der Waals surface area contributed by atoms with Crippen LogP contribution in [0.25, 0.3) is 22.1 Å². The van der Waals surface area contributed by atoms with Gasteiger partial charge in [-0.3, -0.25) is 0 Å². The summed E-state index contributed by atoms with van der Waals surface area (Å²) >= 11 is 0.664. The van der Waals surface area contributed by atoms with Crippen molar-refractivity contribution in [2.75, 3.05) is 0 Å². The molecule has 0 aliphatic carbocycles. The van der Waals surface area contributed by atoms with Crippen molar-refractivity contribution >= 4 is 34.1 Å². The predicted molar refractivity (Wildman–Crippen MR) is 73.6 cm³/mol. The molecule has 0 bridgehead atoms. The lowest BCUT2D eigenvalue weighted by Gasteiger charge is -2.06. The van der Waals surface area contributed by atoms with Gasteiger partial charge in [-0.05, 0) is 24.6 Å². The molecule has 5 nitrogen and oxygen atoms in total. The first-order valence-corrected chi connectivity index (χ1v) is 6.31. The Balaban J connectivity index is 2.38. The van der Waals surface area contributed by atoms with Crippen molar-refractivity contribution in [1.29, 1.82) is 0 Å². The van der Waals surface area contributed by atoms with Crippen LogP contribution in [0.5, 0.6) is 11.5 Å². The summed E-state index contributed by atoms with van der Waals surface area (Å²) in [5, 5.41) is 18.9. The van der Waals surface area contributed by atoms with E-state index in [0.29, 0.717) is 39.0 Å². The van der Waals surface area contributed by atoms with Crippen LogP contribution in [0.4, 0.5) is 0 Å². The summed E-state index contributed by atoms with van der Waals surface area (Å²) in [6.07, 6.45) is 0. The van der Waals surface area contributed by atoms with Crippen LogP contribution in [0.15, 0.2) is 29.2 Å². The molecule has 2 aromatic carbocycles. The molecule has 19 heavy (non-hydrogen) atoms. The molecule has 96 valence electrons. The van der Waals surface area contributed by atoms with E-state index < -0.39 is 0 Å². The number of hydrogen-bond acceptors (Lipinski definition) is 6. The Morgan fingerprint density at radius 2 is 1.32 bits per heavy atom. The van der Waals surface area contributed by atoms with E-state index in [1.807, 2.05) is 13.0 Å². The van der Waals surface area contributed by atoms with Crippen molar-refractivity contribution < 1.29 is 14.8 Å². The normalized spacial score (nSPS) is 11.3. The summed E-state index contributed by atoms with van der Waals surface area (Å²) < 4.78 is 9.17. The SMILES string of the molecule is Cc1cc2nc3cc(O)c(O)cc3nc2cc1SO. The summed E-state index contributed by atoms with van der Waals surface area (Å²) in [6, 6.07) is 6.31. The first-order chi connectivity index (χ1) is 9.08. The van der Waals surface area contributed by atoms with Crippen molar-refractivity contribution in [3.8, 4) is 11.5 Å². The average molecular weight is 274 g/mol. The van der Waals surface area contributed by atoms with Gasteiger partial charge < -0.3 is 14.8 Å². The first kappa shape index (κ1) is 12.0. The van der Waals surface area contributed by atoms with Gasteiger partial charge in [0.25, 0.3) is 0 Å². The van der Waals surface area contributed by atoms with Crippen molar-refractivity contribution in [2.24, 2.45) is 0 Å². The molecule has 0 amide bonds. The summed E-state index contributed by atoms with van der Waals surface area (Å²) in [6.45, 7) is 1.87. The summed E-state index contributed by atoms with van der Waals surface area (Å²) in [5.41, 5.74) is 3.19. The number of phenolic OH excluding ortho intramolecular Hbond substituents is 2. The summed E-state index contributed by atoms with van der Waals surface area (Å²) in [7, 11) is 0. The monoisotopic (exact) mass is 274 g/mol. The van der Waals surface area contributed by atoms with Crippen molar-refractivity contribution in [1.82, 2.24) is 9.97 Å². The van der Waals surface area contributed by atoms with E-state index in [4.69, 9.17) is 4.55 Å². The van der Waals surface area contributed by atoms with Crippen molar-refractivity contribution in [3.05, 3.63) is 29.8 Å². The second-order valence-corrected chi connectivity index (χ2v) is 4.87. The minimum absolute atomic E-state index is 0.222. The Labute approximate surface area is 112 Å². The van der Waals surface area contributed by atoms with Gasteiger partial charge in [-0.2, -0.15) is 0 Å². The topological polar surface area (TPSA) is 86.5 Å². The highest BCUT2D eigenvalue weighted by molar-refractivity contribution is 7.93. The highest BCUT2D eigenvalue weighted by atomic mass is 32.2. The largest absolute Gasteiger partial charge is 0.504 e. The Morgan fingerprint density at radius 1 is 0.842 bits per heavy atom. The Hall–Kier alpha value is -2.05. The van der Waals surface area contributed by atoms with Gasteiger partial charge in [0.15, 0.2) is 11.5 Å². The molecular weight excluding hydrogens is 264 g/mol. The smallest absolute Gasteiger partial charge is 0.159 e. The number of benzene rings is 2. The summed E-state index contributed by atoms with van der Waals surface area (Å²) in [4.78, 5) is 9.47. The zero-order chi connectivity index (χ0) is 13.6. The lowest BCUT2D eigenvalue weighted by Crippen LogP contribution is -1.90. The van der Waals surface area contributed by atoms with Crippen LogP contribution in [0.3, 0.4) is 0 Å². The number of phenols is 2. The lowest BCUT2D eigenvalue weighted by atomic mass is 10.2. The summed E-state index contributed by atoms with van der Waals surface area (Å²) in [5.74, 6) is -0.453. The molecule has 3 aromatic rings. The molecule has 0 aliphatic rings. The first-order valence-electron chi connectivity index (χ1n) is 5.54. The molecule has 0 atom stereocenters. The third kappa shape index (κ3) is 1.94. The van der Waals surface area contributed by atoms with E-state index >= 15 is 0 Å². The van der Waals surface area contributed by atoms with Gasteiger partial charge in [-0.1, -0.05) is 0 Å². The number of aromatic nitrogens is 2. The molecule has 0 spiro atoms. The molecule has 0 aliphatic heterocycles. The second kappa shape index (κ2) is 4.25. The van der Waals surface area contributed by atoms with Crippen LogP contribution in [-0.2, 0) is 0 Å². The third-order valence-corrected chi connectivity index (χ3v) is 3.56. The van der Waals surface area contributed by atoms with Gasteiger partial charge in [0, 0.05) is 29.1 Å². The standard InChI is InChI=1S/C13H10N2O3S/c1-6-2-7-10(5-13(6)19-18)15-9-4-12(17)11(16)3-8(9)14-7/h2-5,16-18H,1H3. The molecule has 0 radical (unpaired) electrons. The van der Waals surface area contributed by atoms with E-state index in [0.717, 1.165) is 5.56 Å². The lowest BCUT2D eigenvalue weighted by molar-refractivity contribution is 0.404. The van der Waals surface area contributed by atoms with E-state index in [1.54, 1.807) is 6.07 Å². The maximum atomic E-state index is 9.47. The minimum Gasteiger partial charge on any atom is -0.504 e. The molecule has 1 aromatic heterocycles. The van der Waals surface area contributed by atoms with E-state index in [2.05, 4.69) is 9.97 Å². The molecule has 6 heteroatoms. The number of aryl methyl sites for hydroxylation is 1. The Kier molecular flexibility index (Phi) is 2.69. The zero-order valence-electron chi connectivity index (χ0n) is 9.95. The highest BCUT2D eigenvalue weighted by Crippen LogP contribution is 2.30. The fourth-order valence-electron chi connectivity index (χ4n) is 1.93. The zero-order valence-corrected chi connectivity index (χ0v) is 10.8. The quantitative estimate of drug-likeness (QED) is 0.359. The van der Waals surface area contributed by atoms with Crippen LogP contribution in [-0.4, -0.2) is 24.7 Å². The van der Waals surface area contributed by atoms with Gasteiger partial charge in [-0.15, -0.1) is 0 Å². The molecule has 3 N–H and O–H groups in total. The van der Waals surface area contributed by atoms with Crippen LogP contribution in [0.2, 0.25) is 0 Å². The molecule has 0 unspecified atom stereocenters. The van der Waals surface area contributed by atoms with Gasteiger partial charge in [0.2, 0.25) is 0 Å². The molecular formula is C13H10N2O3S. The van der Waals surface area contributed by atoms with Crippen LogP contribution < -0.4 is 0 Å². The molecule has 3 rings (SSSR count). The maximum Gasteiger partial charge on any atom is 0.159 e. The van der Waals surface area contributed by atoms with Gasteiger partial charge in [0.1, 0.15) is 0 Å². The fraction of sp³-hybridized carbons (Fsp3) is 0.0769. The Bertz CT molecular complexity index is 805. The van der Waals surface area contributed by atoms with Crippen LogP contribution >= 0.6 is 12.0 Å². The third-order valence-electron chi connectivity index (χ3n) is 2.92. The van der Waals surface area contributed by atoms with E-state index in [9.17, 15) is 10.2 Å². The number of fused-ring (bicyclic) bond motifs is 2. The highest BCUT2D eigenvalue weighted by Gasteiger charge is 2.09. The molecule has 0 saturated carbocycles. The molecule has 1 heterocycles. The molecule has 0 fully saturated rings. The van der Waals surface area contributed by atoms with Gasteiger partial charge in [0.05, 0.1) is 22.1 Å².